The molecular formula is C18H16N2O5. The van der Waals surface area contributed by atoms with Gasteiger partial charge in [-0.3, -0.25) is 19.7 Å². The van der Waals surface area contributed by atoms with Crippen LogP contribution in [0.25, 0.3) is 0 Å². The molecule has 0 aromatic heterocycles. The number of hydrogen-bond acceptors (Lipinski definition) is 5. The van der Waals surface area contributed by atoms with Crippen LogP contribution in [0.5, 0.6) is 0 Å². The number of nitro benzene ring substituents is 1. The fourth-order valence-corrected chi connectivity index (χ4v) is 2.77. The zero-order valence-electron chi connectivity index (χ0n) is 13.4. The van der Waals surface area contributed by atoms with Crippen LogP contribution >= 0.6 is 0 Å². The van der Waals surface area contributed by atoms with Gasteiger partial charge in [0.1, 0.15) is 0 Å². The highest BCUT2D eigenvalue weighted by molar-refractivity contribution is 5.97. The van der Waals surface area contributed by atoms with Crippen molar-refractivity contribution in [2.75, 3.05) is 18.1 Å². The van der Waals surface area contributed by atoms with Gasteiger partial charge >= 0.3 is 5.97 Å². The average Bonchev–Trinajstić information content (AvgIpc) is 3.04. The predicted octanol–water partition coefficient (Wildman–Crippen LogP) is 2.27. The highest BCUT2D eigenvalue weighted by Crippen LogP contribution is 2.27. The molecule has 0 saturated carbocycles. The highest BCUT2D eigenvalue weighted by atomic mass is 16.6. The first-order valence-electron chi connectivity index (χ1n) is 7.82. The zero-order valence-corrected chi connectivity index (χ0v) is 13.4. The molecule has 0 fully saturated rings. The van der Waals surface area contributed by atoms with Gasteiger partial charge in [-0.15, -0.1) is 0 Å². The number of carbonyl (C=O) groups is 2. The first-order chi connectivity index (χ1) is 12.0. The van der Waals surface area contributed by atoms with E-state index < -0.39 is 10.9 Å². The molecule has 0 aliphatic carbocycles. The normalized spacial score (nSPS) is 12.6. The summed E-state index contributed by atoms with van der Waals surface area (Å²) in [6.45, 7) is 0.262. The van der Waals surface area contributed by atoms with Crippen LogP contribution < -0.4 is 4.90 Å². The third kappa shape index (κ3) is 3.82. The van der Waals surface area contributed by atoms with E-state index in [0.29, 0.717) is 12.1 Å². The van der Waals surface area contributed by atoms with Gasteiger partial charge in [-0.2, -0.15) is 0 Å². The van der Waals surface area contributed by atoms with Crippen molar-refractivity contribution in [2.24, 2.45) is 0 Å². The molecular weight excluding hydrogens is 324 g/mol. The number of anilines is 1. The molecule has 0 bridgehead atoms. The van der Waals surface area contributed by atoms with Crippen LogP contribution in [0.4, 0.5) is 11.4 Å². The van der Waals surface area contributed by atoms with Crippen LogP contribution in [0.15, 0.2) is 48.5 Å². The summed E-state index contributed by atoms with van der Waals surface area (Å²) in [7, 11) is 0. The number of non-ortho nitro benzene ring substituents is 1. The van der Waals surface area contributed by atoms with Gasteiger partial charge in [-0.05, 0) is 23.6 Å². The maximum atomic E-state index is 12.3. The van der Waals surface area contributed by atoms with Crippen LogP contribution in [0.3, 0.4) is 0 Å². The number of benzene rings is 2. The molecule has 7 heteroatoms. The topological polar surface area (TPSA) is 89.7 Å². The van der Waals surface area contributed by atoms with Gasteiger partial charge in [-0.1, -0.05) is 30.3 Å². The Labute approximate surface area is 144 Å². The maximum absolute atomic E-state index is 12.3. The van der Waals surface area contributed by atoms with Crippen LogP contribution in [-0.4, -0.2) is 30.0 Å². The van der Waals surface area contributed by atoms with E-state index >= 15 is 0 Å². The van der Waals surface area contributed by atoms with E-state index in [1.165, 1.54) is 24.3 Å². The second-order valence-electron chi connectivity index (χ2n) is 5.69. The average molecular weight is 340 g/mol. The molecule has 0 radical (unpaired) electrons. The molecule has 1 amide bonds. The number of nitrogens with zero attached hydrogens (tertiary/aromatic N) is 2. The molecule has 0 atom stereocenters. The second kappa shape index (κ2) is 7.12. The van der Waals surface area contributed by atoms with Crippen molar-refractivity contribution in [1.29, 1.82) is 0 Å². The minimum absolute atomic E-state index is 0.0398. The van der Waals surface area contributed by atoms with Gasteiger partial charge in [0, 0.05) is 24.4 Å². The quantitative estimate of drug-likeness (QED) is 0.473. The van der Waals surface area contributed by atoms with E-state index in [4.69, 9.17) is 4.74 Å². The molecule has 25 heavy (non-hydrogen) atoms. The molecule has 0 N–H and O–H groups in total. The molecule has 1 heterocycles. The van der Waals surface area contributed by atoms with Gasteiger partial charge < -0.3 is 9.64 Å². The van der Waals surface area contributed by atoms with Gasteiger partial charge in [0.05, 0.1) is 11.3 Å². The zero-order chi connectivity index (χ0) is 17.8. The Kier molecular flexibility index (Phi) is 4.74. The molecule has 0 unspecified atom stereocenters. The Morgan fingerprint density at radius 1 is 1.12 bits per heavy atom. The molecule has 7 nitrogen and oxygen atoms in total. The first-order valence-corrected chi connectivity index (χ1v) is 7.82. The standard InChI is InChI=1S/C18H16N2O5/c21-17(19-10-9-14-3-1-2-4-16(14)19)12-25-18(22)11-13-5-7-15(8-6-13)20(23)24/h1-8H,9-12H2. The Hall–Kier alpha value is -3.22. The monoisotopic (exact) mass is 340 g/mol. The molecule has 1 aliphatic heterocycles. The fourth-order valence-electron chi connectivity index (χ4n) is 2.77. The van der Waals surface area contributed by atoms with Crippen LogP contribution in [0.2, 0.25) is 0 Å². The number of nitro groups is 1. The number of amides is 1. The Bertz CT molecular complexity index is 816. The third-order valence-electron chi connectivity index (χ3n) is 4.04. The van der Waals surface area contributed by atoms with Crippen LogP contribution in [-0.2, 0) is 27.2 Å². The lowest BCUT2D eigenvalue weighted by Gasteiger charge is -2.17. The number of carbonyl (C=O) groups excluding carboxylic acids is 2. The largest absolute Gasteiger partial charge is 0.455 e. The van der Waals surface area contributed by atoms with E-state index in [-0.39, 0.29) is 24.6 Å². The van der Waals surface area contributed by atoms with Gasteiger partial charge in [0.2, 0.25) is 0 Å². The lowest BCUT2D eigenvalue weighted by atomic mass is 10.1. The van der Waals surface area contributed by atoms with Crippen molar-refractivity contribution in [3.63, 3.8) is 0 Å². The fraction of sp³-hybridized carbons (Fsp3) is 0.222. The molecule has 0 spiro atoms. The number of hydrogen-bond donors (Lipinski definition) is 0. The molecule has 3 rings (SSSR count). The van der Waals surface area contributed by atoms with E-state index in [0.717, 1.165) is 17.7 Å². The van der Waals surface area contributed by atoms with Crippen LogP contribution in [0.1, 0.15) is 11.1 Å². The Morgan fingerprint density at radius 3 is 2.56 bits per heavy atom. The summed E-state index contributed by atoms with van der Waals surface area (Å²) >= 11 is 0. The number of rotatable bonds is 5. The van der Waals surface area contributed by atoms with Crippen molar-refractivity contribution < 1.29 is 19.2 Å². The van der Waals surface area contributed by atoms with Crippen LogP contribution in [0, 0.1) is 10.1 Å². The van der Waals surface area contributed by atoms with E-state index in [2.05, 4.69) is 0 Å². The van der Waals surface area contributed by atoms with Gasteiger partial charge in [0.25, 0.3) is 11.6 Å². The molecule has 2 aromatic rings. The van der Waals surface area contributed by atoms with Crippen molar-refractivity contribution in [3.05, 3.63) is 69.8 Å². The van der Waals surface area contributed by atoms with Crippen molar-refractivity contribution >= 4 is 23.3 Å². The second-order valence-corrected chi connectivity index (χ2v) is 5.69. The summed E-state index contributed by atoms with van der Waals surface area (Å²) in [5.41, 5.74) is 2.52. The first kappa shape index (κ1) is 16.6. The number of fused-ring (bicyclic) bond motifs is 1. The summed E-state index contributed by atoms with van der Waals surface area (Å²) in [5.74, 6) is -0.809. The predicted molar refractivity (Wildman–Crippen MR) is 90.3 cm³/mol. The van der Waals surface area contributed by atoms with E-state index in [1.54, 1.807) is 4.90 Å². The lowest BCUT2D eigenvalue weighted by Crippen LogP contribution is -2.33. The van der Waals surface area contributed by atoms with Crippen molar-refractivity contribution in [3.8, 4) is 0 Å². The molecule has 2 aromatic carbocycles. The highest BCUT2D eigenvalue weighted by Gasteiger charge is 2.24. The Morgan fingerprint density at radius 2 is 1.84 bits per heavy atom. The lowest BCUT2D eigenvalue weighted by molar-refractivity contribution is -0.384. The summed E-state index contributed by atoms with van der Waals surface area (Å²) in [6, 6.07) is 13.3. The van der Waals surface area contributed by atoms with Crippen molar-refractivity contribution in [1.82, 2.24) is 0 Å². The summed E-state index contributed by atoms with van der Waals surface area (Å²) in [4.78, 5) is 35.8. The summed E-state index contributed by atoms with van der Waals surface area (Å²) in [5, 5.41) is 10.6. The number of esters is 1. The van der Waals surface area contributed by atoms with E-state index in [9.17, 15) is 19.7 Å². The SMILES string of the molecule is O=C(Cc1ccc([N+](=O)[O-])cc1)OCC(=O)N1CCc2ccccc21. The molecule has 0 saturated heterocycles. The smallest absolute Gasteiger partial charge is 0.310 e. The third-order valence-corrected chi connectivity index (χ3v) is 4.04. The number of ether oxygens (including phenoxy) is 1. The summed E-state index contributed by atoms with van der Waals surface area (Å²) in [6.07, 6.45) is 0.751. The summed E-state index contributed by atoms with van der Waals surface area (Å²) < 4.78 is 5.05. The number of para-hydroxylation sites is 1. The van der Waals surface area contributed by atoms with Gasteiger partial charge in [-0.25, -0.2) is 0 Å². The van der Waals surface area contributed by atoms with Crippen molar-refractivity contribution in [2.45, 2.75) is 12.8 Å². The molecule has 1 aliphatic rings. The minimum Gasteiger partial charge on any atom is -0.455 e. The molecule has 128 valence electrons. The van der Waals surface area contributed by atoms with Gasteiger partial charge in [0.15, 0.2) is 6.61 Å². The van der Waals surface area contributed by atoms with E-state index in [1.807, 2.05) is 24.3 Å². The maximum Gasteiger partial charge on any atom is 0.310 e. The minimum atomic E-state index is -0.547. The Balaban J connectivity index is 1.52.